The first-order chi connectivity index (χ1) is 18.5. The Bertz CT molecular complexity index is 1610. The molecule has 12 nitrogen and oxygen atoms in total. The molecule has 0 aliphatic rings. The van der Waals surface area contributed by atoms with Crippen molar-refractivity contribution in [3.8, 4) is 11.5 Å². The molecule has 38 heavy (non-hydrogen) atoms. The second kappa shape index (κ2) is 10.6. The van der Waals surface area contributed by atoms with Crippen molar-refractivity contribution >= 4 is 28.6 Å². The molecular weight excluding hydrogens is 486 g/mol. The molecule has 0 unspecified atom stereocenters. The predicted molar refractivity (Wildman–Crippen MR) is 143 cm³/mol. The van der Waals surface area contributed by atoms with E-state index >= 15 is 0 Å². The third-order valence-electron chi connectivity index (χ3n) is 5.92. The molecule has 0 saturated carbocycles. The predicted octanol–water partition coefficient (Wildman–Crippen LogP) is 3.69. The maximum atomic E-state index is 12.9. The van der Waals surface area contributed by atoms with Gasteiger partial charge in [-0.2, -0.15) is 9.97 Å². The quantitative estimate of drug-likeness (QED) is 0.236. The number of aromatic nitrogens is 7. The summed E-state index contributed by atoms with van der Waals surface area (Å²) in [5.74, 6) is 1.32. The lowest BCUT2D eigenvalue weighted by atomic mass is 10.1. The van der Waals surface area contributed by atoms with Crippen LogP contribution in [0.3, 0.4) is 0 Å². The number of benzene rings is 1. The topological polar surface area (TPSA) is 149 Å². The molecule has 5 rings (SSSR count). The van der Waals surface area contributed by atoms with E-state index in [4.69, 9.17) is 9.51 Å². The lowest BCUT2D eigenvalue weighted by molar-refractivity contribution is 0.276. The molecule has 3 N–H and O–H groups in total. The Morgan fingerprint density at radius 1 is 1.13 bits per heavy atom. The fourth-order valence-corrected chi connectivity index (χ4v) is 4.23. The van der Waals surface area contributed by atoms with Crippen LogP contribution in [0.2, 0.25) is 0 Å². The molecule has 5 aromatic rings. The Morgan fingerprint density at radius 3 is 2.63 bits per heavy atom. The Labute approximate surface area is 217 Å². The first kappa shape index (κ1) is 24.8. The van der Waals surface area contributed by atoms with Gasteiger partial charge in [0.05, 0.1) is 24.6 Å². The number of hydrogen-bond donors (Lipinski definition) is 3. The first-order valence-corrected chi connectivity index (χ1v) is 12.1. The van der Waals surface area contributed by atoms with E-state index in [9.17, 15) is 9.90 Å². The number of aliphatic hydroxyl groups excluding tert-OH is 1. The van der Waals surface area contributed by atoms with E-state index in [1.54, 1.807) is 29.1 Å². The highest BCUT2D eigenvalue weighted by Crippen LogP contribution is 2.29. The van der Waals surface area contributed by atoms with Crippen LogP contribution in [0.15, 0.2) is 77.0 Å². The van der Waals surface area contributed by atoms with Gasteiger partial charge in [0, 0.05) is 12.2 Å². The molecule has 4 aromatic heterocycles. The second-order valence-electron chi connectivity index (χ2n) is 8.80. The molecule has 0 aliphatic carbocycles. The summed E-state index contributed by atoms with van der Waals surface area (Å²) >= 11 is 0. The van der Waals surface area contributed by atoms with Crippen molar-refractivity contribution in [3.63, 3.8) is 0 Å². The van der Waals surface area contributed by atoms with Crippen LogP contribution in [0.4, 0.5) is 17.6 Å². The molecular formula is C26H27N9O3. The third kappa shape index (κ3) is 4.76. The van der Waals surface area contributed by atoms with Crippen LogP contribution in [-0.4, -0.2) is 46.2 Å². The Morgan fingerprint density at radius 2 is 1.95 bits per heavy atom. The highest BCUT2D eigenvalue weighted by atomic mass is 16.5. The van der Waals surface area contributed by atoms with E-state index in [-0.39, 0.29) is 30.0 Å². The van der Waals surface area contributed by atoms with Crippen LogP contribution in [0, 0.1) is 0 Å². The zero-order chi connectivity index (χ0) is 26.6. The normalized spacial score (nSPS) is 12.1. The highest BCUT2D eigenvalue weighted by molar-refractivity contribution is 5.77. The van der Waals surface area contributed by atoms with Crippen molar-refractivity contribution in [1.82, 2.24) is 34.5 Å². The summed E-state index contributed by atoms with van der Waals surface area (Å²) < 4.78 is 8.71. The Balaban J connectivity index is 1.52. The molecule has 0 spiro atoms. The van der Waals surface area contributed by atoms with Crippen LogP contribution in [0.5, 0.6) is 0 Å². The van der Waals surface area contributed by atoms with Gasteiger partial charge in [-0.3, -0.25) is 9.48 Å². The molecule has 0 amide bonds. The van der Waals surface area contributed by atoms with Gasteiger partial charge in [-0.15, -0.1) is 6.58 Å². The summed E-state index contributed by atoms with van der Waals surface area (Å²) in [4.78, 5) is 30.8. The van der Waals surface area contributed by atoms with Crippen molar-refractivity contribution in [2.75, 3.05) is 17.2 Å². The average Bonchev–Trinajstić information content (AvgIpc) is 3.55. The van der Waals surface area contributed by atoms with Crippen molar-refractivity contribution < 1.29 is 9.63 Å². The molecule has 0 saturated heterocycles. The van der Waals surface area contributed by atoms with Gasteiger partial charge in [0.2, 0.25) is 5.95 Å². The SMILES string of the molecule is C=CCn1c(=O)c2ccc(Nc3ncc(-c4ncno4)c(N[C@H](CO)c4ccccc4)n3)nc2n1C(C)C. The van der Waals surface area contributed by atoms with E-state index in [2.05, 4.69) is 37.3 Å². The molecule has 0 radical (unpaired) electrons. The molecule has 1 atom stereocenters. The highest BCUT2D eigenvalue weighted by Gasteiger charge is 2.20. The van der Waals surface area contributed by atoms with Crippen LogP contribution in [0.1, 0.15) is 31.5 Å². The fourth-order valence-electron chi connectivity index (χ4n) is 4.23. The smallest absolute Gasteiger partial charge is 0.276 e. The van der Waals surface area contributed by atoms with Crippen molar-refractivity contribution in [3.05, 3.63) is 83.6 Å². The van der Waals surface area contributed by atoms with Gasteiger partial charge in [0.25, 0.3) is 11.4 Å². The number of nitrogens with zero attached hydrogens (tertiary/aromatic N) is 7. The van der Waals surface area contributed by atoms with Crippen molar-refractivity contribution in [2.45, 2.75) is 32.5 Å². The monoisotopic (exact) mass is 513 g/mol. The number of rotatable bonds is 10. The van der Waals surface area contributed by atoms with Gasteiger partial charge in [-0.25, -0.2) is 14.6 Å². The first-order valence-electron chi connectivity index (χ1n) is 12.1. The summed E-state index contributed by atoms with van der Waals surface area (Å²) in [5.41, 5.74) is 1.76. The van der Waals surface area contributed by atoms with Crippen LogP contribution in [0.25, 0.3) is 22.5 Å². The third-order valence-corrected chi connectivity index (χ3v) is 5.92. The minimum Gasteiger partial charge on any atom is -0.394 e. The van der Waals surface area contributed by atoms with Gasteiger partial charge in [-0.1, -0.05) is 41.6 Å². The van der Waals surface area contributed by atoms with Crippen LogP contribution < -0.4 is 16.2 Å². The largest absolute Gasteiger partial charge is 0.394 e. The summed E-state index contributed by atoms with van der Waals surface area (Å²) in [7, 11) is 0. The van der Waals surface area contributed by atoms with Crippen LogP contribution in [-0.2, 0) is 6.54 Å². The number of fused-ring (bicyclic) bond motifs is 1. The van der Waals surface area contributed by atoms with E-state index in [1.165, 1.54) is 6.33 Å². The minimum atomic E-state index is -0.444. The lowest BCUT2D eigenvalue weighted by Gasteiger charge is -2.19. The molecule has 0 aliphatic heterocycles. The molecule has 1 aromatic carbocycles. The number of nitrogens with one attached hydrogen (secondary N) is 2. The van der Waals surface area contributed by atoms with Gasteiger partial charge in [0.15, 0.2) is 12.0 Å². The van der Waals surface area contributed by atoms with E-state index < -0.39 is 6.04 Å². The summed E-state index contributed by atoms with van der Waals surface area (Å²) in [6.07, 6.45) is 4.52. The molecule has 0 fully saturated rings. The van der Waals surface area contributed by atoms with Crippen molar-refractivity contribution in [2.24, 2.45) is 0 Å². The second-order valence-corrected chi connectivity index (χ2v) is 8.80. The Kier molecular flexibility index (Phi) is 6.96. The summed E-state index contributed by atoms with van der Waals surface area (Å²) in [6.45, 7) is 7.94. The molecule has 12 heteroatoms. The van der Waals surface area contributed by atoms with Crippen LogP contribution >= 0.6 is 0 Å². The minimum absolute atomic E-state index is 0.00274. The van der Waals surface area contributed by atoms with E-state index in [0.717, 1.165) is 5.56 Å². The zero-order valence-electron chi connectivity index (χ0n) is 20.9. The maximum absolute atomic E-state index is 12.9. The maximum Gasteiger partial charge on any atom is 0.276 e. The molecule has 4 heterocycles. The van der Waals surface area contributed by atoms with E-state index in [1.807, 2.05) is 48.9 Å². The van der Waals surface area contributed by atoms with E-state index in [0.29, 0.717) is 34.8 Å². The van der Waals surface area contributed by atoms with Gasteiger partial charge < -0.3 is 20.3 Å². The number of aliphatic hydroxyl groups is 1. The number of allylic oxidation sites excluding steroid dienone is 1. The molecule has 194 valence electrons. The number of hydrogen-bond acceptors (Lipinski definition) is 10. The number of anilines is 3. The zero-order valence-corrected chi connectivity index (χ0v) is 20.9. The standard InChI is InChI=1S/C26H27N9O3/c1-4-12-34-25(37)18-10-11-21(31-23(18)35(34)16(2)3)32-26-27-13-19(24-28-15-29-38-24)22(33-26)30-20(14-36)17-8-6-5-7-9-17/h4-11,13,15-16,20,36H,1,12,14H2,2-3H3,(H2,27,30,31,32,33)/t20-/m1/s1. The Hall–Kier alpha value is -4.84. The number of pyridine rings is 1. The van der Waals surface area contributed by atoms with Gasteiger partial charge in [0.1, 0.15) is 17.2 Å². The van der Waals surface area contributed by atoms with Gasteiger partial charge in [-0.05, 0) is 31.5 Å². The average molecular weight is 514 g/mol. The lowest BCUT2D eigenvalue weighted by Crippen LogP contribution is -2.23. The summed E-state index contributed by atoms with van der Waals surface area (Å²) in [5, 5.41) is 20.6. The molecule has 0 bridgehead atoms. The summed E-state index contributed by atoms with van der Waals surface area (Å²) in [6, 6.07) is 12.5. The van der Waals surface area contributed by atoms with Gasteiger partial charge >= 0.3 is 0 Å². The van der Waals surface area contributed by atoms with Crippen molar-refractivity contribution in [1.29, 1.82) is 0 Å². The fraction of sp³-hybridized carbons (Fsp3) is 0.231.